The number of unbranched alkanes of at least 4 members (excludes halogenated alkanes) is 1. The quantitative estimate of drug-likeness (QED) is 0.297. The summed E-state index contributed by atoms with van der Waals surface area (Å²) in [4.78, 5) is 40.0. The van der Waals surface area contributed by atoms with Gasteiger partial charge in [-0.3, -0.25) is 14.5 Å². The van der Waals surface area contributed by atoms with Gasteiger partial charge in [0.05, 0.1) is 0 Å². The lowest BCUT2D eigenvalue weighted by molar-refractivity contribution is -0.139. The van der Waals surface area contributed by atoms with Crippen LogP contribution >= 0.6 is 0 Å². The summed E-state index contributed by atoms with van der Waals surface area (Å²) in [6.07, 6.45) is 6.63. The standard InChI is InChI=1S/C25H37N3O5/c1-9-11-14-26-22(30)21(18-12-13-19(29)17(5)15-18)28(10-2)23(31)20(16(3)4)27-24(32)33-25(6,7)8/h2,12-13,15-16,20-21,29H,9,11,14H2,1,3-8H3,(H,26,30)(H,27,32). The normalized spacial score (nSPS) is 12.9. The van der Waals surface area contributed by atoms with E-state index in [-0.39, 0.29) is 11.7 Å². The maximum Gasteiger partial charge on any atom is 0.408 e. The highest BCUT2D eigenvalue weighted by molar-refractivity contribution is 5.93. The first kappa shape index (κ1) is 27.8. The van der Waals surface area contributed by atoms with Crippen LogP contribution in [0.2, 0.25) is 0 Å². The van der Waals surface area contributed by atoms with Crippen LogP contribution in [0, 0.1) is 25.3 Å². The molecule has 0 aliphatic heterocycles. The number of amides is 3. The van der Waals surface area contributed by atoms with Crippen LogP contribution in [0.3, 0.4) is 0 Å². The smallest absolute Gasteiger partial charge is 0.408 e. The molecule has 8 nitrogen and oxygen atoms in total. The summed E-state index contributed by atoms with van der Waals surface area (Å²) in [5.41, 5.74) is 0.243. The Morgan fingerprint density at radius 2 is 1.88 bits per heavy atom. The van der Waals surface area contributed by atoms with E-state index in [1.165, 1.54) is 6.07 Å². The van der Waals surface area contributed by atoms with Gasteiger partial charge in [-0.05, 0) is 63.3 Å². The summed E-state index contributed by atoms with van der Waals surface area (Å²) in [6.45, 7) is 12.8. The van der Waals surface area contributed by atoms with Crippen LogP contribution in [-0.2, 0) is 14.3 Å². The summed E-state index contributed by atoms with van der Waals surface area (Å²) in [5.74, 6) is -1.32. The Balaban J connectivity index is 3.34. The van der Waals surface area contributed by atoms with Crippen LogP contribution in [0.5, 0.6) is 5.75 Å². The third-order valence-electron chi connectivity index (χ3n) is 4.85. The first-order valence-corrected chi connectivity index (χ1v) is 11.2. The fourth-order valence-corrected chi connectivity index (χ4v) is 3.11. The van der Waals surface area contributed by atoms with Crippen molar-refractivity contribution in [1.82, 2.24) is 15.5 Å². The van der Waals surface area contributed by atoms with Gasteiger partial charge in [-0.2, -0.15) is 0 Å². The highest BCUT2D eigenvalue weighted by Crippen LogP contribution is 2.27. The van der Waals surface area contributed by atoms with Crippen molar-refractivity contribution in [3.8, 4) is 18.2 Å². The summed E-state index contributed by atoms with van der Waals surface area (Å²) in [7, 11) is 0. The molecule has 0 saturated carbocycles. The number of nitrogens with zero attached hydrogens (tertiary/aromatic N) is 1. The number of benzene rings is 1. The molecule has 0 aliphatic rings. The highest BCUT2D eigenvalue weighted by Gasteiger charge is 2.37. The van der Waals surface area contributed by atoms with Crippen LogP contribution in [0.25, 0.3) is 0 Å². The van der Waals surface area contributed by atoms with Gasteiger partial charge in [0.2, 0.25) is 5.91 Å². The largest absolute Gasteiger partial charge is 0.508 e. The van der Waals surface area contributed by atoms with Crippen LogP contribution in [0.1, 0.15) is 71.6 Å². The van der Waals surface area contributed by atoms with E-state index >= 15 is 0 Å². The fraction of sp³-hybridized carbons (Fsp3) is 0.560. The molecular weight excluding hydrogens is 422 g/mol. The predicted octanol–water partition coefficient (Wildman–Crippen LogP) is 3.63. The van der Waals surface area contributed by atoms with Crippen LogP contribution in [0.4, 0.5) is 4.79 Å². The number of hydrogen-bond donors (Lipinski definition) is 3. The summed E-state index contributed by atoms with van der Waals surface area (Å²) in [5, 5.41) is 15.3. The maximum absolute atomic E-state index is 13.5. The lowest BCUT2D eigenvalue weighted by atomic mass is 9.98. The molecule has 0 bridgehead atoms. The first-order chi connectivity index (χ1) is 15.3. The third kappa shape index (κ3) is 8.33. The average molecular weight is 460 g/mol. The van der Waals surface area contributed by atoms with Gasteiger partial charge in [0.25, 0.3) is 5.91 Å². The van der Waals surface area contributed by atoms with Crippen molar-refractivity contribution in [3.05, 3.63) is 29.3 Å². The highest BCUT2D eigenvalue weighted by atomic mass is 16.6. The number of aromatic hydroxyl groups is 1. The molecule has 0 heterocycles. The van der Waals surface area contributed by atoms with Crippen molar-refractivity contribution in [2.24, 2.45) is 5.92 Å². The van der Waals surface area contributed by atoms with Crippen LogP contribution < -0.4 is 10.6 Å². The van der Waals surface area contributed by atoms with Crippen molar-refractivity contribution in [2.75, 3.05) is 6.54 Å². The van der Waals surface area contributed by atoms with Gasteiger partial charge in [0, 0.05) is 12.6 Å². The number of carbonyl (C=O) groups excluding carboxylic acids is 3. The SMILES string of the molecule is C#CN(C(=O)C(NC(=O)OC(C)(C)C)C(C)C)C(C(=O)NCCCC)c1ccc(O)c(C)c1. The second kappa shape index (κ2) is 12.1. The molecule has 3 amide bonds. The second-order valence-electron chi connectivity index (χ2n) is 9.30. The van der Waals surface area contributed by atoms with Crippen molar-refractivity contribution >= 4 is 17.9 Å². The third-order valence-corrected chi connectivity index (χ3v) is 4.85. The van der Waals surface area contributed by atoms with E-state index < -0.39 is 35.6 Å². The van der Waals surface area contributed by atoms with Gasteiger partial charge in [0.15, 0.2) is 0 Å². The Morgan fingerprint density at radius 3 is 2.36 bits per heavy atom. The molecule has 0 saturated heterocycles. The van der Waals surface area contributed by atoms with Gasteiger partial charge in [0.1, 0.15) is 23.4 Å². The molecule has 1 aromatic rings. The van der Waals surface area contributed by atoms with Gasteiger partial charge < -0.3 is 20.5 Å². The topological polar surface area (TPSA) is 108 Å². The van der Waals surface area contributed by atoms with Crippen molar-refractivity contribution in [3.63, 3.8) is 0 Å². The minimum absolute atomic E-state index is 0.0640. The minimum Gasteiger partial charge on any atom is -0.508 e. The summed E-state index contributed by atoms with van der Waals surface area (Å²) >= 11 is 0. The van der Waals surface area contributed by atoms with E-state index in [0.29, 0.717) is 17.7 Å². The Bertz CT molecular complexity index is 883. The molecule has 0 radical (unpaired) electrons. The molecule has 0 aliphatic carbocycles. The second-order valence-corrected chi connectivity index (χ2v) is 9.30. The number of phenolic OH excluding ortho intramolecular Hbond substituents is 1. The minimum atomic E-state index is -1.14. The Labute approximate surface area is 197 Å². The van der Waals surface area contributed by atoms with Crippen molar-refractivity contribution < 1.29 is 24.2 Å². The number of rotatable bonds is 9. The average Bonchev–Trinajstić information content (AvgIpc) is 2.70. The van der Waals surface area contributed by atoms with E-state index in [4.69, 9.17) is 11.2 Å². The molecule has 33 heavy (non-hydrogen) atoms. The number of ether oxygens (including phenoxy) is 1. The van der Waals surface area contributed by atoms with Crippen LogP contribution in [-0.4, -0.2) is 46.1 Å². The fourth-order valence-electron chi connectivity index (χ4n) is 3.11. The number of terminal acetylenes is 1. The monoisotopic (exact) mass is 459 g/mol. The van der Waals surface area contributed by atoms with Gasteiger partial charge in [-0.15, -0.1) is 0 Å². The van der Waals surface area contributed by atoms with Crippen LogP contribution in [0.15, 0.2) is 18.2 Å². The van der Waals surface area contributed by atoms with Gasteiger partial charge >= 0.3 is 6.09 Å². The zero-order valence-corrected chi connectivity index (χ0v) is 20.7. The Morgan fingerprint density at radius 1 is 1.24 bits per heavy atom. The predicted molar refractivity (Wildman–Crippen MR) is 127 cm³/mol. The molecule has 0 aromatic heterocycles. The Kier molecular flexibility index (Phi) is 10.2. The lowest BCUT2D eigenvalue weighted by Crippen LogP contribution is -2.53. The number of nitrogens with one attached hydrogen (secondary N) is 2. The zero-order valence-electron chi connectivity index (χ0n) is 20.7. The molecule has 2 atom stereocenters. The number of alkyl carbamates (subject to hydrolysis) is 1. The number of phenols is 1. The first-order valence-electron chi connectivity index (χ1n) is 11.2. The molecule has 3 N–H and O–H groups in total. The van der Waals surface area contributed by atoms with E-state index in [0.717, 1.165) is 17.7 Å². The molecule has 1 aromatic carbocycles. The number of carbonyl (C=O) groups is 3. The Hall–Kier alpha value is -3.21. The van der Waals surface area contributed by atoms with Gasteiger partial charge in [-0.1, -0.05) is 39.7 Å². The summed E-state index contributed by atoms with van der Waals surface area (Å²) in [6, 6.07) is 4.80. The van der Waals surface area contributed by atoms with E-state index in [9.17, 15) is 19.5 Å². The van der Waals surface area contributed by atoms with E-state index in [1.54, 1.807) is 53.7 Å². The molecule has 182 valence electrons. The van der Waals surface area contributed by atoms with Crippen molar-refractivity contribution in [1.29, 1.82) is 0 Å². The molecular formula is C25H37N3O5. The molecule has 0 spiro atoms. The number of hydrogen-bond acceptors (Lipinski definition) is 5. The van der Waals surface area contributed by atoms with Gasteiger partial charge in [-0.25, -0.2) is 4.79 Å². The molecule has 0 fully saturated rings. The molecule has 1 rings (SSSR count). The maximum atomic E-state index is 13.5. The zero-order chi connectivity index (χ0) is 25.3. The number of aryl methyl sites for hydroxylation is 1. The summed E-state index contributed by atoms with van der Waals surface area (Å²) < 4.78 is 5.29. The lowest BCUT2D eigenvalue weighted by Gasteiger charge is -2.32. The van der Waals surface area contributed by atoms with E-state index in [2.05, 4.69) is 16.7 Å². The molecule has 8 heteroatoms. The van der Waals surface area contributed by atoms with E-state index in [1.807, 2.05) is 6.92 Å². The van der Waals surface area contributed by atoms with Crippen molar-refractivity contribution in [2.45, 2.75) is 79.0 Å². The molecule has 2 unspecified atom stereocenters.